The zero-order valence-electron chi connectivity index (χ0n) is 9.70. The fraction of sp³-hybridized carbons (Fsp3) is 0.200. The highest BCUT2D eigenvalue weighted by molar-refractivity contribution is 8.03. The molecule has 0 atom stereocenters. The number of aromatic nitrogens is 2. The molecule has 0 radical (unpaired) electrons. The zero-order chi connectivity index (χ0) is 13.8. The van der Waals surface area contributed by atoms with E-state index in [-0.39, 0.29) is 5.69 Å². The number of benzene rings is 1. The first-order valence-electron chi connectivity index (χ1n) is 5.18. The maximum absolute atomic E-state index is 13.7. The SMILES string of the molecule is CCSc1nnc(Sc2ccc([N+](=O)[O-])cc2F)s1. The summed E-state index contributed by atoms with van der Waals surface area (Å²) < 4.78 is 15.1. The summed E-state index contributed by atoms with van der Waals surface area (Å²) in [5.74, 6) is 0.268. The highest BCUT2D eigenvalue weighted by Gasteiger charge is 2.13. The molecule has 5 nitrogen and oxygen atoms in total. The van der Waals surface area contributed by atoms with Crippen LogP contribution in [-0.4, -0.2) is 20.9 Å². The Morgan fingerprint density at radius 3 is 2.79 bits per heavy atom. The van der Waals surface area contributed by atoms with Crippen molar-refractivity contribution in [1.29, 1.82) is 0 Å². The predicted octanol–water partition coefficient (Wildman–Crippen LogP) is 3.85. The molecule has 0 saturated heterocycles. The molecule has 0 fully saturated rings. The molecule has 1 aromatic carbocycles. The van der Waals surface area contributed by atoms with E-state index >= 15 is 0 Å². The molecule has 19 heavy (non-hydrogen) atoms. The van der Waals surface area contributed by atoms with Crippen LogP contribution >= 0.6 is 34.9 Å². The fourth-order valence-corrected chi connectivity index (χ4v) is 4.08. The number of nitro benzene ring substituents is 1. The molecule has 0 N–H and O–H groups in total. The Hall–Kier alpha value is -1.19. The molecule has 1 aromatic heterocycles. The maximum atomic E-state index is 13.7. The highest BCUT2D eigenvalue weighted by Crippen LogP contribution is 2.35. The summed E-state index contributed by atoms with van der Waals surface area (Å²) in [6.45, 7) is 2.01. The van der Waals surface area contributed by atoms with Gasteiger partial charge in [0.2, 0.25) is 0 Å². The van der Waals surface area contributed by atoms with Gasteiger partial charge < -0.3 is 0 Å². The van der Waals surface area contributed by atoms with Gasteiger partial charge in [-0.1, -0.05) is 41.8 Å². The van der Waals surface area contributed by atoms with E-state index in [1.807, 2.05) is 6.92 Å². The third-order valence-corrected chi connectivity index (χ3v) is 5.02. The van der Waals surface area contributed by atoms with Crippen molar-refractivity contribution in [1.82, 2.24) is 10.2 Å². The molecule has 100 valence electrons. The lowest BCUT2D eigenvalue weighted by atomic mass is 10.3. The van der Waals surface area contributed by atoms with Crippen LogP contribution in [0, 0.1) is 15.9 Å². The third-order valence-electron chi connectivity index (χ3n) is 1.98. The minimum Gasteiger partial charge on any atom is -0.258 e. The van der Waals surface area contributed by atoms with Crippen LogP contribution in [0.5, 0.6) is 0 Å². The lowest BCUT2D eigenvalue weighted by Gasteiger charge is -1.99. The summed E-state index contributed by atoms with van der Waals surface area (Å²) in [5, 5.41) is 18.4. The van der Waals surface area contributed by atoms with Gasteiger partial charge >= 0.3 is 0 Å². The van der Waals surface area contributed by atoms with Crippen molar-refractivity contribution >= 4 is 40.5 Å². The highest BCUT2D eigenvalue weighted by atomic mass is 32.2. The summed E-state index contributed by atoms with van der Waals surface area (Å²) in [7, 11) is 0. The minimum absolute atomic E-state index is 0.263. The topological polar surface area (TPSA) is 68.9 Å². The van der Waals surface area contributed by atoms with Gasteiger partial charge in [-0.2, -0.15) is 0 Å². The number of halogens is 1. The smallest absolute Gasteiger partial charge is 0.258 e. The van der Waals surface area contributed by atoms with Gasteiger partial charge in [-0.3, -0.25) is 10.1 Å². The number of nitrogens with zero attached hydrogens (tertiary/aromatic N) is 3. The van der Waals surface area contributed by atoms with Crippen LogP contribution in [0.3, 0.4) is 0 Å². The molecule has 0 spiro atoms. The molecule has 0 bridgehead atoms. The van der Waals surface area contributed by atoms with Gasteiger partial charge in [0.05, 0.1) is 15.9 Å². The number of thioether (sulfide) groups is 1. The van der Waals surface area contributed by atoms with Crippen molar-refractivity contribution in [2.75, 3.05) is 5.75 Å². The van der Waals surface area contributed by atoms with Crippen LogP contribution in [0.25, 0.3) is 0 Å². The Bertz CT molecular complexity index is 605. The van der Waals surface area contributed by atoms with E-state index in [9.17, 15) is 14.5 Å². The van der Waals surface area contributed by atoms with E-state index in [0.717, 1.165) is 27.9 Å². The first kappa shape index (κ1) is 14.2. The van der Waals surface area contributed by atoms with Crippen LogP contribution < -0.4 is 0 Å². The second kappa shape index (κ2) is 6.31. The van der Waals surface area contributed by atoms with Gasteiger partial charge in [-0.05, 0) is 11.8 Å². The molecule has 9 heteroatoms. The monoisotopic (exact) mass is 317 g/mol. The largest absolute Gasteiger partial charge is 0.272 e. The first-order chi connectivity index (χ1) is 9.10. The van der Waals surface area contributed by atoms with Gasteiger partial charge in [0.15, 0.2) is 8.68 Å². The predicted molar refractivity (Wildman–Crippen MR) is 73.5 cm³/mol. The van der Waals surface area contributed by atoms with E-state index in [2.05, 4.69) is 10.2 Å². The number of hydrogen-bond acceptors (Lipinski definition) is 7. The Balaban J connectivity index is 2.16. The first-order valence-corrected chi connectivity index (χ1v) is 7.80. The standard InChI is InChI=1S/C10H8FN3O2S3/c1-2-17-9-12-13-10(19-9)18-8-4-3-6(14(15)16)5-7(8)11/h3-5H,2H2,1H3. The van der Waals surface area contributed by atoms with E-state index in [1.165, 1.54) is 23.5 Å². The van der Waals surface area contributed by atoms with Crippen molar-refractivity contribution in [3.05, 3.63) is 34.1 Å². The summed E-state index contributed by atoms with van der Waals surface area (Å²) in [5.41, 5.74) is -0.263. The average molecular weight is 317 g/mol. The number of rotatable bonds is 5. The third kappa shape index (κ3) is 3.64. The zero-order valence-corrected chi connectivity index (χ0v) is 12.1. The Morgan fingerprint density at radius 1 is 1.42 bits per heavy atom. The van der Waals surface area contributed by atoms with Gasteiger partial charge in [-0.15, -0.1) is 10.2 Å². The van der Waals surface area contributed by atoms with Gasteiger partial charge in [-0.25, -0.2) is 4.39 Å². The molecule has 0 aliphatic rings. The molecule has 2 rings (SSSR count). The number of hydrogen-bond donors (Lipinski definition) is 0. The average Bonchev–Trinajstić information content (AvgIpc) is 2.79. The quantitative estimate of drug-likeness (QED) is 0.474. The Labute approximate surface area is 120 Å². The summed E-state index contributed by atoms with van der Waals surface area (Å²) in [6, 6.07) is 3.56. The molecule has 1 heterocycles. The molecule has 0 unspecified atom stereocenters. The van der Waals surface area contributed by atoms with Crippen molar-refractivity contribution in [3.63, 3.8) is 0 Å². The minimum atomic E-state index is -0.627. The van der Waals surface area contributed by atoms with Crippen molar-refractivity contribution in [2.45, 2.75) is 20.5 Å². The summed E-state index contributed by atoms with van der Waals surface area (Å²) in [6.07, 6.45) is 0. The van der Waals surface area contributed by atoms with Crippen molar-refractivity contribution in [3.8, 4) is 0 Å². The molecular formula is C10H8FN3O2S3. The van der Waals surface area contributed by atoms with Gasteiger partial charge in [0.1, 0.15) is 5.82 Å². The lowest BCUT2D eigenvalue weighted by Crippen LogP contribution is -1.90. The Kier molecular flexibility index (Phi) is 4.72. The van der Waals surface area contributed by atoms with Crippen LogP contribution in [0.4, 0.5) is 10.1 Å². The molecule has 0 amide bonds. The molecule has 0 aliphatic heterocycles. The fourth-order valence-electron chi connectivity index (χ4n) is 1.20. The second-order valence-corrected chi connectivity index (χ2v) is 7.02. The van der Waals surface area contributed by atoms with Crippen LogP contribution in [0.15, 0.2) is 31.8 Å². The van der Waals surface area contributed by atoms with Crippen LogP contribution in [0.2, 0.25) is 0 Å². The summed E-state index contributed by atoms with van der Waals surface area (Å²) >= 11 is 4.06. The lowest BCUT2D eigenvalue weighted by molar-refractivity contribution is -0.385. The van der Waals surface area contributed by atoms with E-state index < -0.39 is 10.7 Å². The van der Waals surface area contributed by atoms with E-state index in [4.69, 9.17) is 0 Å². The Morgan fingerprint density at radius 2 is 2.16 bits per heavy atom. The van der Waals surface area contributed by atoms with E-state index in [0.29, 0.717) is 9.24 Å². The van der Waals surface area contributed by atoms with Gasteiger partial charge in [0.25, 0.3) is 5.69 Å². The number of non-ortho nitro benzene ring substituents is 1. The molecule has 2 aromatic rings. The van der Waals surface area contributed by atoms with Crippen molar-refractivity contribution < 1.29 is 9.31 Å². The van der Waals surface area contributed by atoms with Gasteiger partial charge in [0, 0.05) is 6.07 Å². The number of nitro groups is 1. The molecule has 0 saturated carbocycles. The van der Waals surface area contributed by atoms with Crippen molar-refractivity contribution in [2.24, 2.45) is 0 Å². The maximum Gasteiger partial charge on any atom is 0.272 e. The second-order valence-electron chi connectivity index (χ2n) is 3.24. The van der Waals surface area contributed by atoms with E-state index in [1.54, 1.807) is 11.8 Å². The van der Waals surface area contributed by atoms with Crippen LogP contribution in [0.1, 0.15) is 6.92 Å². The van der Waals surface area contributed by atoms with Crippen LogP contribution in [-0.2, 0) is 0 Å². The molecular weight excluding hydrogens is 309 g/mol. The molecule has 0 aliphatic carbocycles. The summed E-state index contributed by atoms with van der Waals surface area (Å²) in [4.78, 5) is 10.2. The normalized spacial score (nSPS) is 10.6.